The van der Waals surface area contributed by atoms with Gasteiger partial charge in [0, 0.05) is 5.56 Å². The zero-order valence-corrected chi connectivity index (χ0v) is 14.5. The van der Waals surface area contributed by atoms with Crippen molar-refractivity contribution in [2.24, 2.45) is 0 Å². The van der Waals surface area contributed by atoms with Crippen LogP contribution in [-0.4, -0.2) is 15.8 Å². The number of nitrogens with zero attached hydrogens (tertiary/aromatic N) is 2. The fourth-order valence-corrected chi connectivity index (χ4v) is 3.52. The standard InChI is InChI=1S/C18H15N3O3S/c1-11-7-6-10-14(15(11)21(23)24)17(22)20-18-19-12(2)16(25-18)13-8-4-3-5-9-13/h3-10H,1-2H3,(H,19,20,22). The van der Waals surface area contributed by atoms with Gasteiger partial charge in [0.1, 0.15) is 5.56 Å². The van der Waals surface area contributed by atoms with E-state index in [0.29, 0.717) is 10.7 Å². The molecule has 3 rings (SSSR count). The molecule has 0 unspecified atom stereocenters. The summed E-state index contributed by atoms with van der Waals surface area (Å²) in [6.07, 6.45) is 0. The quantitative estimate of drug-likeness (QED) is 0.549. The Morgan fingerprint density at radius 1 is 1.12 bits per heavy atom. The number of nitro groups is 1. The smallest absolute Gasteiger partial charge is 0.285 e. The molecule has 0 fully saturated rings. The average molecular weight is 353 g/mol. The fraction of sp³-hybridized carbons (Fsp3) is 0.111. The molecule has 0 bridgehead atoms. The summed E-state index contributed by atoms with van der Waals surface area (Å²) in [5.74, 6) is -0.538. The van der Waals surface area contributed by atoms with Gasteiger partial charge in [0.25, 0.3) is 11.6 Å². The molecule has 3 aromatic rings. The lowest BCUT2D eigenvalue weighted by Crippen LogP contribution is -2.14. The molecular formula is C18H15N3O3S. The lowest BCUT2D eigenvalue weighted by Gasteiger charge is -2.04. The number of carbonyl (C=O) groups excluding carboxylic acids is 1. The Morgan fingerprint density at radius 3 is 2.52 bits per heavy atom. The first-order valence-electron chi connectivity index (χ1n) is 7.55. The molecule has 1 aromatic heterocycles. The number of rotatable bonds is 4. The van der Waals surface area contributed by atoms with E-state index in [0.717, 1.165) is 16.1 Å². The van der Waals surface area contributed by atoms with E-state index in [1.807, 2.05) is 37.3 Å². The van der Waals surface area contributed by atoms with E-state index in [1.54, 1.807) is 19.1 Å². The maximum Gasteiger partial charge on any atom is 0.285 e. The predicted molar refractivity (Wildman–Crippen MR) is 98.1 cm³/mol. The van der Waals surface area contributed by atoms with Gasteiger partial charge < -0.3 is 0 Å². The van der Waals surface area contributed by atoms with Crippen molar-refractivity contribution in [1.82, 2.24) is 4.98 Å². The summed E-state index contributed by atoms with van der Waals surface area (Å²) in [7, 11) is 0. The summed E-state index contributed by atoms with van der Waals surface area (Å²) in [6, 6.07) is 14.4. The average Bonchev–Trinajstić information content (AvgIpc) is 2.95. The van der Waals surface area contributed by atoms with E-state index in [2.05, 4.69) is 10.3 Å². The molecule has 1 amide bonds. The highest BCUT2D eigenvalue weighted by atomic mass is 32.1. The van der Waals surface area contributed by atoms with E-state index in [9.17, 15) is 14.9 Å². The predicted octanol–water partition coefficient (Wildman–Crippen LogP) is 4.59. The minimum atomic E-state index is -0.538. The number of carbonyl (C=O) groups is 1. The fourth-order valence-electron chi connectivity index (χ4n) is 2.56. The Balaban J connectivity index is 1.91. The van der Waals surface area contributed by atoms with Gasteiger partial charge in [0.2, 0.25) is 0 Å². The number of thiazole rings is 1. The highest BCUT2D eigenvalue weighted by Crippen LogP contribution is 2.33. The van der Waals surface area contributed by atoms with Crippen molar-refractivity contribution in [3.63, 3.8) is 0 Å². The number of nitrogens with one attached hydrogen (secondary N) is 1. The molecule has 2 aromatic carbocycles. The van der Waals surface area contributed by atoms with Crippen LogP contribution in [0.25, 0.3) is 10.4 Å². The van der Waals surface area contributed by atoms with Crippen molar-refractivity contribution < 1.29 is 9.72 Å². The second kappa shape index (κ2) is 6.82. The van der Waals surface area contributed by atoms with E-state index in [1.165, 1.54) is 17.4 Å². The maximum atomic E-state index is 12.5. The van der Waals surface area contributed by atoms with Crippen LogP contribution in [0.5, 0.6) is 0 Å². The molecule has 126 valence electrons. The molecule has 1 heterocycles. The first-order valence-corrected chi connectivity index (χ1v) is 8.37. The molecule has 0 aliphatic carbocycles. The van der Waals surface area contributed by atoms with Crippen LogP contribution in [0, 0.1) is 24.0 Å². The second-order valence-electron chi connectivity index (χ2n) is 5.48. The molecule has 0 saturated heterocycles. The summed E-state index contributed by atoms with van der Waals surface area (Å²) >= 11 is 1.34. The van der Waals surface area contributed by atoms with Crippen molar-refractivity contribution in [2.45, 2.75) is 13.8 Å². The SMILES string of the molecule is Cc1cccc(C(=O)Nc2nc(C)c(-c3ccccc3)s2)c1[N+](=O)[O-]. The summed E-state index contributed by atoms with van der Waals surface area (Å²) < 4.78 is 0. The van der Waals surface area contributed by atoms with Crippen LogP contribution in [-0.2, 0) is 0 Å². The zero-order valence-electron chi connectivity index (χ0n) is 13.6. The third kappa shape index (κ3) is 3.41. The number of nitro benzene ring substituents is 1. The molecule has 6 nitrogen and oxygen atoms in total. The highest BCUT2D eigenvalue weighted by molar-refractivity contribution is 7.19. The first kappa shape index (κ1) is 16.8. The van der Waals surface area contributed by atoms with Crippen molar-refractivity contribution in [1.29, 1.82) is 0 Å². The van der Waals surface area contributed by atoms with Gasteiger partial charge >= 0.3 is 0 Å². The Labute approximate surface area is 148 Å². The minimum absolute atomic E-state index is 0.0270. The van der Waals surface area contributed by atoms with Crippen molar-refractivity contribution in [3.05, 3.63) is 75.5 Å². The third-order valence-corrected chi connectivity index (χ3v) is 4.84. The number of anilines is 1. The van der Waals surface area contributed by atoms with Gasteiger partial charge in [0.15, 0.2) is 5.13 Å². The number of aryl methyl sites for hydroxylation is 2. The third-order valence-electron chi connectivity index (χ3n) is 3.72. The highest BCUT2D eigenvalue weighted by Gasteiger charge is 2.23. The number of amides is 1. The molecule has 0 aliphatic rings. The number of aromatic nitrogens is 1. The lowest BCUT2D eigenvalue weighted by atomic mass is 10.1. The molecule has 0 aliphatic heterocycles. The molecule has 1 N–H and O–H groups in total. The number of benzene rings is 2. The van der Waals surface area contributed by atoms with Crippen molar-refractivity contribution in [2.75, 3.05) is 5.32 Å². The topological polar surface area (TPSA) is 85.1 Å². The van der Waals surface area contributed by atoms with Crippen molar-refractivity contribution >= 4 is 28.1 Å². The molecule has 7 heteroatoms. The Hall–Kier alpha value is -3.06. The normalized spacial score (nSPS) is 10.5. The van der Waals surface area contributed by atoms with Gasteiger partial charge in [-0.2, -0.15) is 0 Å². The number of hydrogen-bond donors (Lipinski definition) is 1. The molecule has 0 spiro atoms. The van der Waals surface area contributed by atoms with Gasteiger partial charge in [0.05, 0.1) is 15.5 Å². The van der Waals surface area contributed by atoms with Gasteiger partial charge in [-0.15, -0.1) is 0 Å². The van der Waals surface area contributed by atoms with Gasteiger partial charge in [-0.05, 0) is 25.5 Å². The summed E-state index contributed by atoms with van der Waals surface area (Å²) in [5.41, 5.74) is 2.10. The Bertz CT molecular complexity index is 951. The van der Waals surface area contributed by atoms with Crippen LogP contribution in [0.1, 0.15) is 21.6 Å². The van der Waals surface area contributed by atoms with E-state index < -0.39 is 10.8 Å². The lowest BCUT2D eigenvalue weighted by molar-refractivity contribution is -0.385. The Kier molecular flexibility index (Phi) is 4.58. The molecule has 0 atom stereocenters. The monoisotopic (exact) mass is 353 g/mol. The van der Waals surface area contributed by atoms with Crippen molar-refractivity contribution in [3.8, 4) is 10.4 Å². The van der Waals surface area contributed by atoms with Crippen LogP contribution in [0.4, 0.5) is 10.8 Å². The van der Waals surface area contributed by atoms with E-state index in [4.69, 9.17) is 0 Å². The molecule has 25 heavy (non-hydrogen) atoms. The Morgan fingerprint density at radius 2 is 1.84 bits per heavy atom. The van der Waals surface area contributed by atoms with Crippen LogP contribution >= 0.6 is 11.3 Å². The van der Waals surface area contributed by atoms with Crippen LogP contribution in [0.2, 0.25) is 0 Å². The van der Waals surface area contributed by atoms with Gasteiger partial charge in [-0.3, -0.25) is 20.2 Å². The largest absolute Gasteiger partial charge is 0.298 e. The minimum Gasteiger partial charge on any atom is -0.298 e. The first-order chi connectivity index (χ1) is 12.0. The summed E-state index contributed by atoms with van der Waals surface area (Å²) in [6.45, 7) is 3.47. The second-order valence-corrected chi connectivity index (χ2v) is 6.48. The van der Waals surface area contributed by atoms with Crippen LogP contribution in [0.15, 0.2) is 48.5 Å². The van der Waals surface area contributed by atoms with E-state index >= 15 is 0 Å². The maximum absolute atomic E-state index is 12.5. The number of para-hydroxylation sites is 1. The van der Waals surface area contributed by atoms with E-state index in [-0.39, 0.29) is 11.3 Å². The molecule has 0 radical (unpaired) electrons. The summed E-state index contributed by atoms with van der Waals surface area (Å²) in [4.78, 5) is 28.5. The van der Waals surface area contributed by atoms with Crippen LogP contribution in [0.3, 0.4) is 0 Å². The van der Waals surface area contributed by atoms with Gasteiger partial charge in [-0.1, -0.05) is 53.8 Å². The van der Waals surface area contributed by atoms with Crippen LogP contribution < -0.4 is 5.32 Å². The number of hydrogen-bond acceptors (Lipinski definition) is 5. The molecular weight excluding hydrogens is 338 g/mol. The molecule has 0 saturated carbocycles. The summed E-state index contributed by atoms with van der Waals surface area (Å²) in [5, 5.41) is 14.3. The van der Waals surface area contributed by atoms with Gasteiger partial charge in [-0.25, -0.2) is 4.98 Å². The zero-order chi connectivity index (χ0) is 18.0.